The fourth-order valence-electron chi connectivity index (χ4n) is 1.76. The lowest BCUT2D eigenvalue weighted by molar-refractivity contribution is -0.134. The van der Waals surface area contributed by atoms with Crippen LogP contribution in [0.2, 0.25) is 0 Å². The zero-order valence-corrected chi connectivity index (χ0v) is 12.0. The van der Waals surface area contributed by atoms with Crippen LogP contribution in [-0.4, -0.2) is 30.5 Å². The summed E-state index contributed by atoms with van der Waals surface area (Å²) in [6.07, 6.45) is 3.70. The quantitative estimate of drug-likeness (QED) is 0.764. The summed E-state index contributed by atoms with van der Waals surface area (Å²) in [7, 11) is 1.70. The van der Waals surface area contributed by atoms with E-state index in [1.165, 1.54) is 6.42 Å². The molecule has 16 heavy (non-hydrogen) atoms. The third kappa shape index (κ3) is 3.74. The molecule has 4 heteroatoms. The number of halogens is 1. The predicted molar refractivity (Wildman–Crippen MR) is 68.8 cm³/mol. The van der Waals surface area contributed by atoms with Gasteiger partial charge >= 0.3 is 0 Å². The Labute approximate surface area is 106 Å². The topological polar surface area (TPSA) is 38.3 Å². The summed E-state index contributed by atoms with van der Waals surface area (Å²) in [5, 5.41) is 3.87. The van der Waals surface area contributed by atoms with E-state index in [0.29, 0.717) is 13.0 Å². The van der Waals surface area contributed by atoms with E-state index in [4.69, 9.17) is 4.74 Å². The molecule has 0 spiro atoms. The second kappa shape index (κ2) is 5.50. The number of alkyl halides is 1. The summed E-state index contributed by atoms with van der Waals surface area (Å²) < 4.78 is 5.43. The molecule has 0 aliphatic heterocycles. The Kier molecular flexibility index (Phi) is 4.80. The van der Waals surface area contributed by atoms with Gasteiger partial charge in [0.05, 0.1) is 12.0 Å². The van der Waals surface area contributed by atoms with Crippen LogP contribution < -0.4 is 5.32 Å². The molecule has 0 atom stereocenters. The van der Waals surface area contributed by atoms with E-state index in [9.17, 15) is 4.79 Å². The molecule has 0 radical (unpaired) electrons. The second-order valence-corrected chi connectivity index (χ2v) is 6.05. The Bertz CT molecular complexity index is 244. The van der Waals surface area contributed by atoms with E-state index in [2.05, 4.69) is 35.1 Å². The van der Waals surface area contributed by atoms with Crippen molar-refractivity contribution in [1.29, 1.82) is 0 Å². The third-order valence-electron chi connectivity index (χ3n) is 3.31. The van der Waals surface area contributed by atoms with Crippen LogP contribution in [0.15, 0.2) is 0 Å². The molecule has 0 aromatic rings. The van der Waals surface area contributed by atoms with Crippen molar-refractivity contribution in [2.75, 3.05) is 19.0 Å². The number of carbonyl (C=O) groups excluding carboxylic acids is 1. The smallest absolute Gasteiger partial charge is 0.222 e. The molecule has 0 aromatic heterocycles. The first-order valence-electron chi connectivity index (χ1n) is 5.81. The first-order chi connectivity index (χ1) is 7.43. The van der Waals surface area contributed by atoms with Crippen LogP contribution in [0, 0.1) is 5.41 Å². The van der Waals surface area contributed by atoms with Crippen LogP contribution in [0.4, 0.5) is 0 Å². The molecule has 1 amide bonds. The van der Waals surface area contributed by atoms with Crippen LogP contribution in [0.25, 0.3) is 0 Å². The lowest BCUT2D eigenvalue weighted by atomic mass is 9.77. The van der Waals surface area contributed by atoms with Gasteiger partial charge in [0.1, 0.15) is 0 Å². The first kappa shape index (κ1) is 14.0. The van der Waals surface area contributed by atoms with Gasteiger partial charge in [-0.25, -0.2) is 0 Å². The monoisotopic (exact) mass is 291 g/mol. The van der Waals surface area contributed by atoms with Crippen LogP contribution in [0.5, 0.6) is 0 Å². The van der Waals surface area contributed by atoms with Gasteiger partial charge < -0.3 is 10.1 Å². The van der Waals surface area contributed by atoms with Crippen molar-refractivity contribution in [3.63, 3.8) is 0 Å². The highest BCUT2D eigenvalue weighted by molar-refractivity contribution is 9.09. The fraction of sp³-hybridized carbons (Fsp3) is 0.917. The Hall–Kier alpha value is -0.0900. The van der Waals surface area contributed by atoms with Gasteiger partial charge in [0.2, 0.25) is 5.91 Å². The molecule has 0 heterocycles. The van der Waals surface area contributed by atoms with Crippen LogP contribution in [0.1, 0.15) is 39.5 Å². The van der Waals surface area contributed by atoms with Crippen molar-refractivity contribution in [1.82, 2.24) is 5.32 Å². The highest BCUT2D eigenvalue weighted by Gasteiger charge is 2.39. The number of hydrogen-bond acceptors (Lipinski definition) is 2. The molecule has 1 aliphatic rings. The molecule has 3 nitrogen and oxygen atoms in total. The zero-order valence-electron chi connectivity index (χ0n) is 10.4. The standard InChI is InChI=1S/C12H22BrNO2/c1-11(2,8-13)9-14-10(15)7-12(16-3)5-4-6-12/h4-9H2,1-3H3,(H,14,15). The van der Waals surface area contributed by atoms with E-state index >= 15 is 0 Å². The Morgan fingerprint density at radius 2 is 2.12 bits per heavy atom. The number of methoxy groups -OCH3 is 1. The maximum Gasteiger partial charge on any atom is 0.222 e. The van der Waals surface area contributed by atoms with Gasteiger partial charge in [-0.1, -0.05) is 29.8 Å². The van der Waals surface area contributed by atoms with Crippen molar-refractivity contribution in [2.24, 2.45) is 5.41 Å². The van der Waals surface area contributed by atoms with Gasteiger partial charge in [0, 0.05) is 19.0 Å². The molecule has 1 rings (SSSR count). The summed E-state index contributed by atoms with van der Waals surface area (Å²) in [5.41, 5.74) is -0.0574. The van der Waals surface area contributed by atoms with Gasteiger partial charge in [-0.3, -0.25) is 4.79 Å². The van der Waals surface area contributed by atoms with Crippen molar-refractivity contribution in [3.8, 4) is 0 Å². The minimum atomic E-state index is -0.164. The van der Waals surface area contributed by atoms with E-state index in [0.717, 1.165) is 18.2 Å². The summed E-state index contributed by atoms with van der Waals surface area (Å²) in [4.78, 5) is 11.8. The zero-order chi connectivity index (χ0) is 12.2. The Morgan fingerprint density at radius 3 is 2.50 bits per heavy atom. The van der Waals surface area contributed by atoms with Gasteiger partial charge in [0.15, 0.2) is 0 Å². The summed E-state index contributed by atoms with van der Waals surface area (Å²) in [6, 6.07) is 0. The van der Waals surface area contributed by atoms with Crippen molar-refractivity contribution in [3.05, 3.63) is 0 Å². The SMILES string of the molecule is COC1(CC(=O)NCC(C)(C)CBr)CCC1. The van der Waals surface area contributed by atoms with Crippen LogP contribution in [-0.2, 0) is 9.53 Å². The molecule has 0 unspecified atom stereocenters. The number of hydrogen-bond donors (Lipinski definition) is 1. The maximum atomic E-state index is 11.8. The first-order valence-corrected chi connectivity index (χ1v) is 6.93. The number of nitrogens with one attached hydrogen (secondary N) is 1. The van der Waals surface area contributed by atoms with E-state index < -0.39 is 0 Å². The molecule has 1 aliphatic carbocycles. The highest BCUT2D eigenvalue weighted by Crippen LogP contribution is 2.37. The molecular weight excluding hydrogens is 270 g/mol. The minimum Gasteiger partial charge on any atom is -0.378 e. The Balaban J connectivity index is 2.31. The summed E-state index contributed by atoms with van der Waals surface area (Å²) in [6.45, 7) is 4.95. The molecule has 0 saturated heterocycles. The van der Waals surface area contributed by atoms with Gasteiger partial charge in [-0.2, -0.15) is 0 Å². The molecule has 1 fully saturated rings. The number of rotatable bonds is 6. The minimum absolute atomic E-state index is 0.107. The highest BCUT2D eigenvalue weighted by atomic mass is 79.9. The molecular formula is C12H22BrNO2. The van der Waals surface area contributed by atoms with Gasteiger partial charge in [0.25, 0.3) is 0 Å². The lowest BCUT2D eigenvalue weighted by Gasteiger charge is -2.40. The van der Waals surface area contributed by atoms with Gasteiger partial charge in [-0.05, 0) is 24.7 Å². The van der Waals surface area contributed by atoms with Gasteiger partial charge in [-0.15, -0.1) is 0 Å². The largest absolute Gasteiger partial charge is 0.378 e. The van der Waals surface area contributed by atoms with E-state index in [1.807, 2.05) is 0 Å². The van der Waals surface area contributed by atoms with E-state index in [1.54, 1.807) is 7.11 Å². The summed E-state index contributed by atoms with van der Waals surface area (Å²) in [5.74, 6) is 0.107. The third-order valence-corrected chi connectivity index (χ3v) is 4.82. The average molecular weight is 292 g/mol. The molecule has 0 aromatic carbocycles. The molecule has 0 bridgehead atoms. The predicted octanol–water partition coefficient (Wildman–Crippen LogP) is 2.48. The molecule has 1 N–H and O–H groups in total. The molecule has 1 saturated carbocycles. The number of amides is 1. The van der Waals surface area contributed by atoms with E-state index in [-0.39, 0.29) is 16.9 Å². The maximum absolute atomic E-state index is 11.8. The van der Waals surface area contributed by atoms with Crippen LogP contribution >= 0.6 is 15.9 Å². The number of ether oxygens (including phenoxy) is 1. The Morgan fingerprint density at radius 1 is 1.50 bits per heavy atom. The summed E-state index contributed by atoms with van der Waals surface area (Å²) >= 11 is 3.44. The fourth-order valence-corrected chi connectivity index (χ4v) is 1.96. The number of carbonyl (C=O) groups is 1. The normalized spacial score (nSPS) is 19.0. The van der Waals surface area contributed by atoms with Crippen LogP contribution in [0.3, 0.4) is 0 Å². The molecule has 94 valence electrons. The lowest BCUT2D eigenvalue weighted by Crippen LogP contribution is -2.45. The van der Waals surface area contributed by atoms with Crippen molar-refractivity contribution < 1.29 is 9.53 Å². The van der Waals surface area contributed by atoms with Crippen molar-refractivity contribution >= 4 is 21.8 Å². The van der Waals surface area contributed by atoms with Crippen molar-refractivity contribution in [2.45, 2.75) is 45.1 Å². The second-order valence-electron chi connectivity index (χ2n) is 5.49. The average Bonchev–Trinajstić information content (AvgIpc) is 2.21.